The number of nitrogens with two attached hydrogens (primary N) is 1. The van der Waals surface area contributed by atoms with Gasteiger partial charge in [-0.3, -0.25) is 0 Å². The van der Waals surface area contributed by atoms with Crippen LogP contribution in [0.4, 0.5) is 0 Å². The molecule has 2 unspecified atom stereocenters. The molecule has 1 aromatic rings. The van der Waals surface area contributed by atoms with Crippen molar-refractivity contribution in [3.63, 3.8) is 0 Å². The Kier molecular flexibility index (Phi) is 2.61. The van der Waals surface area contributed by atoms with Crippen molar-refractivity contribution in [1.82, 2.24) is 0 Å². The maximum Gasteiger partial charge on any atom is 0.0934 e. The van der Waals surface area contributed by atoms with E-state index in [1.165, 1.54) is 5.56 Å². The van der Waals surface area contributed by atoms with Gasteiger partial charge in [-0.1, -0.05) is 0 Å². The summed E-state index contributed by atoms with van der Waals surface area (Å²) in [4.78, 5) is 0. The third-order valence-electron chi connectivity index (χ3n) is 3.37. The highest BCUT2D eigenvalue weighted by molar-refractivity contribution is 5.11. The maximum absolute atomic E-state index is 5.87. The van der Waals surface area contributed by atoms with Crippen LogP contribution in [-0.4, -0.2) is 19.3 Å². The molecule has 1 aliphatic heterocycles. The maximum atomic E-state index is 5.87. The average Bonchev–Trinajstić information content (AvgIpc) is 2.79. The van der Waals surface area contributed by atoms with Crippen LogP contribution in [0.1, 0.15) is 18.9 Å². The average molecular weight is 195 g/mol. The first-order valence-corrected chi connectivity index (χ1v) is 5.09. The Hall–Kier alpha value is -0.800. The summed E-state index contributed by atoms with van der Waals surface area (Å²) < 4.78 is 10.7. The minimum Gasteiger partial charge on any atom is -0.472 e. The second kappa shape index (κ2) is 3.75. The Morgan fingerprint density at radius 1 is 1.64 bits per heavy atom. The number of hydrogen-bond acceptors (Lipinski definition) is 3. The van der Waals surface area contributed by atoms with Crippen LogP contribution in [0.25, 0.3) is 0 Å². The summed E-state index contributed by atoms with van der Waals surface area (Å²) in [6.07, 6.45) is 5.77. The van der Waals surface area contributed by atoms with Crippen LogP contribution >= 0.6 is 0 Å². The van der Waals surface area contributed by atoms with Gasteiger partial charge in [0.1, 0.15) is 0 Å². The largest absolute Gasteiger partial charge is 0.472 e. The van der Waals surface area contributed by atoms with Crippen molar-refractivity contribution in [3.8, 4) is 0 Å². The predicted octanol–water partition coefficient (Wildman–Crippen LogP) is 1.58. The molecule has 0 spiro atoms. The van der Waals surface area contributed by atoms with Crippen molar-refractivity contribution in [1.29, 1.82) is 0 Å². The minimum atomic E-state index is 0.115. The van der Waals surface area contributed by atoms with E-state index in [1.54, 1.807) is 12.5 Å². The van der Waals surface area contributed by atoms with Crippen LogP contribution in [0.3, 0.4) is 0 Å². The van der Waals surface area contributed by atoms with Crippen molar-refractivity contribution >= 4 is 0 Å². The highest BCUT2D eigenvalue weighted by Gasteiger charge is 2.40. The Morgan fingerprint density at radius 2 is 2.50 bits per heavy atom. The van der Waals surface area contributed by atoms with E-state index in [2.05, 4.69) is 6.92 Å². The SMILES string of the molecule is CC1OCCC1(CN)Cc1ccoc1. The lowest BCUT2D eigenvalue weighted by atomic mass is 9.77. The molecule has 0 amide bonds. The van der Waals surface area contributed by atoms with Crippen molar-refractivity contribution in [3.05, 3.63) is 24.2 Å². The number of ether oxygens (including phenoxy) is 1. The molecule has 2 rings (SSSR count). The topological polar surface area (TPSA) is 48.4 Å². The van der Waals surface area contributed by atoms with E-state index in [0.717, 1.165) is 19.4 Å². The van der Waals surface area contributed by atoms with Gasteiger partial charge in [0.25, 0.3) is 0 Å². The van der Waals surface area contributed by atoms with Crippen LogP contribution in [0.15, 0.2) is 23.0 Å². The Labute approximate surface area is 84.2 Å². The second-order valence-electron chi connectivity index (χ2n) is 4.14. The molecule has 0 saturated carbocycles. The zero-order valence-corrected chi connectivity index (χ0v) is 8.53. The predicted molar refractivity (Wildman–Crippen MR) is 53.9 cm³/mol. The molecular formula is C11H17NO2. The van der Waals surface area contributed by atoms with Gasteiger partial charge in [-0.2, -0.15) is 0 Å². The van der Waals surface area contributed by atoms with Gasteiger partial charge >= 0.3 is 0 Å². The molecule has 1 aliphatic rings. The van der Waals surface area contributed by atoms with Gasteiger partial charge in [0, 0.05) is 18.6 Å². The summed E-state index contributed by atoms with van der Waals surface area (Å²) in [5.74, 6) is 0. The first-order valence-electron chi connectivity index (χ1n) is 5.09. The van der Waals surface area contributed by atoms with E-state index in [1.807, 2.05) is 6.07 Å². The van der Waals surface area contributed by atoms with Crippen molar-refractivity contribution in [2.75, 3.05) is 13.2 Å². The zero-order valence-electron chi connectivity index (χ0n) is 8.53. The molecule has 2 atom stereocenters. The number of hydrogen-bond donors (Lipinski definition) is 1. The van der Waals surface area contributed by atoms with Crippen LogP contribution < -0.4 is 5.73 Å². The van der Waals surface area contributed by atoms with Crippen molar-refractivity contribution in [2.45, 2.75) is 25.9 Å². The third-order valence-corrected chi connectivity index (χ3v) is 3.37. The van der Waals surface area contributed by atoms with Gasteiger partial charge in [0.2, 0.25) is 0 Å². The van der Waals surface area contributed by atoms with Gasteiger partial charge in [-0.15, -0.1) is 0 Å². The highest BCUT2D eigenvalue weighted by atomic mass is 16.5. The lowest BCUT2D eigenvalue weighted by Gasteiger charge is -2.30. The highest BCUT2D eigenvalue weighted by Crippen LogP contribution is 2.37. The Morgan fingerprint density at radius 3 is 3.00 bits per heavy atom. The number of rotatable bonds is 3. The van der Waals surface area contributed by atoms with Crippen molar-refractivity contribution < 1.29 is 9.15 Å². The normalized spacial score (nSPS) is 32.3. The first-order chi connectivity index (χ1) is 6.77. The van der Waals surface area contributed by atoms with Gasteiger partial charge in [0.05, 0.1) is 18.6 Å². The molecule has 2 heterocycles. The monoisotopic (exact) mass is 195 g/mol. The fraction of sp³-hybridized carbons (Fsp3) is 0.636. The summed E-state index contributed by atoms with van der Waals surface area (Å²) >= 11 is 0. The van der Waals surface area contributed by atoms with Crippen LogP contribution in [-0.2, 0) is 11.2 Å². The molecule has 0 radical (unpaired) electrons. The summed E-state index contributed by atoms with van der Waals surface area (Å²) in [7, 11) is 0. The lowest BCUT2D eigenvalue weighted by molar-refractivity contribution is 0.0673. The molecule has 3 heteroatoms. The number of furan rings is 1. The quantitative estimate of drug-likeness (QED) is 0.796. The first kappa shape index (κ1) is 9.74. The molecule has 1 aromatic heterocycles. The molecule has 1 fully saturated rings. The van der Waals surface area contributed by atoms with Crippen molar-refractivity contribution in [2.24, 2.45) is 11.1 Å². The van der Waals surface area contributed by atoms with E-state index >= 15 is 0 Å². The second-order valence-corrected chi connectivity index (χ2v) is 4.14. The minimum absolute atomic E-state index is 0.115. The fourth-order valence-corrected chi connectivity index (χ4v) is 2.19. The summed E-state index contributed by atoms with van der Waals surface area (Å²) in [5, 5.41) is 0. The van der Waals surface area contributed by atoms with E-state index < -0.39 is 0 Å². The molecule has 14 heavy (non-hydrogen) atoms. The molecule has 1 saturated heterocycles. The zero-order chi connectivity index (χ0) is 10.0. The fourth-order valence-electron chi connectivity index (χ4n) is 2.19. The van der Waals surface area contributed by atoms with Gasteiger partial charge in [0.15, 0.2) is 0 Å². The van der Waals surface area contributed by atoms with E-state index in [0.29, 0.717) is 6.54 Å². The molecular weight excluding hydrogens is 178 g/mol. The van der Waals surface area contributed by atoms with Gasteiger partial charge in [-0.25, -0.2) is 0 Å². The standard InChI is InChI=1S/C11H17NO2/c1-9-11(8-12,3-5-14-9)6-10-2-4-13-7-10/h2,4,7,9H,3,5-6,8,12H2,1H3. The Balaban J connectivity index is 2.13. The molecule has 0 aromatic carbocycles. The summed E-state index contributed by atoms with van der Waals surface area (Å²) in [6, 6.07) is 2.00. The smallest absolute Gasteiger partial charge is 0.0934 e. The lowest BCUT2D eigenvalue weighted by Crippen LogP contribution is -2.38. The molecule has 3 nitrogen and oxygen atoms in total. The molecule has 2 N–H and O–H groups in total. The van der Waals surface area contributed by atoms with Gasteiger partial charge in [-0.05, 0) is 31.4 Å². The molecule has 0 bridgehead atoms. The van der Waals surface area contributed by atoms with Crippen LogP contribution in [0, 0.1) is 5.41 Å². The third kappa shape index (κ3) is 1.57. The van der Waals surface area contributed by atoms with E-state index in [9.17, 15) is 0 Å². The van der Waals surface area contributed by atoms with Gasteiger partial charge < -0.3 is 14.9 Å². The van der Waals surface area contributed by atoms with Crippen LogP contribution in [0.5, 0.6) is 0 Å². The van der Waals surface area contributed by atoms with Crippen LogP contribution in [0.2, 0.25) is 0 Å². The van der Waals surface area contributed by atoms with E-state index in [4.69, 9.17) is 14.9 Å². The summed E-state index contributed by atoms with van der Waals surface area (Å²) in [5.41, 5.74) is 7.20. The molecule has 0 aliphatic carbocycles. The van der Waals surface area contributed by atoms with E-state index in [-0.39, 0.29) is 11.5 Å². The Bertz CT molecular complexity index is 283. The molecule has 78 valence electrons. The summed E-state index contributed by atoms with van der Waals surface area (Å²) in [6.45, 7) is 3.62.